The zero-order chi connectivity index (χ0) is 12.0. The highest BCUT2D eigenvalue weighted by molar-refractivity contribution is 6.27. The lowest BCUT2D eigenvalue weighted by molar-refractivity contribution is -0.119. The molecule has 0 bridgehead atoms. The molecule has 1 aromatic carbocycles. The summed E-state index contributed by atoms with van der Waals surface area (Å²) in [4.78, 5) is 13.3. The van der Waals surface area contributed by atoms with Gasteiger partial charge in [0.05, 0.1) is 6.04 Å². The van der Waals surface area contributed by atoms with Crippen molar-refractivity contribution in [3.05, 3.63) is 35.9 Å². The zero-order valence-electron chi connectivity index (χ0n) is 9.61. The van der Waals surface area contributed by atoms with Crippen molar-refractivity contribution in [3.8, 4) is 0 Å². The zero-order valence-corrected chi connectivity index (χ0v) is 10.4. The third-order valence-corrected chi connectivity index (χ3v) is 2.45. The van der Waals surface area contributed by atoms with Crippen molar-refractivity contribution in [2.75, 3.05) is 26.5 Å². The lowest BCUT2D eigenvalue weighted by Gasteiger charge is -2.22. The molecule has 4 heteroatoms. The molecule has 0 saturated carbocycles. The molecule has 0 saturated heterocycles. The molecule has 0 aliphatic carbocycles. The van der Waals surface area contributed by atoms with Crippen LogP contribution in [-0.2, 0) is 4.79 Å². The Balaban J connectivity index is 2.75. The van der Waals surface area contributed by atoms with Crippen molar-refractivity contribution >= 4 is 17.5 Å². The third-order valence-electron chi connectivity index (χ3n) is 2.21. The molecule has 0 spiro atoms. The van der Waals surface area contributed by atoms with Crippen LogP contribution in [0.5, 0.6) is 0 Å². The first kappa shape index (κ1) is 13.0. The van der Waals surface area contributed by atoms with Gasteiger partial charge in [-0.25, -0.2) is 0 Å². The van der Waals surface area contributed by atoms with Crippen LogP contribution >= 0.6 is 11.6 Å². The lowest BCUT2D eigenvalue weighted by Crippen LogP contribution is -2.35. The molecule has 3 nitrogen and oxygen atoms in total. The van der Waals surface area contributed by atoms with Gasteiger partial charge in [-0.3, -0.25) is 4.79 Å². The minimum absolute atomic E-state index is 0.00321. The number of nitrogens with one attached hydrogen (secondary N) is 1. The number of carbonyl (C=O) groups is 1. The predicted octanol–water partition coefficient (Wildman–Crippen LogP) is 1.64. The van der Waals surface area contributed by atoms with E-state index in [9.17, 15) is 4.79 Å². The summed E-state index contributed by atoms with van der Waals surface area (Å²) in [6, 6.07) is 9.88. The fourth-order valence-corrected chi connectivity index (χ4v) is 1.59. The van der Waals surface area contributed by atoms with E-state index >= 15 is 0 Å². The highest BCUT2D eigenvalue weighted by atomic mass is 35.5. The molecule has 0 radical (unpaired) electrons. The standard InChI is InChI=1S/C12H17ClN2O/c1-15(2)9-11(14-12(16)8-13)10-6-4-3-5-7-10/h3-7,11H,8-9H2,1-2H3,(H,14,16). The number of hydrogen-bond acceptors (Lipinski definition) is 2. The highest BCUT2D eigenvalue weighted by Crippen LogP contribution is 2.13. The maximum atomic E-state index is 11.3. The number of amides is 1. The van der Waals surface area contributed by atoms with Crippen LogP contribution in [0.25, 0.3) is 0 Å². The van der Waals surface area contributed by atoms with Gasteiger partial charge in [-0.2, -0.15) is 0 Å². The second-order valence-electron chi connectivity index (χ2n) is 3.93. The third kappa shape index (κ3) is 4.21. The Morgan fingerprint density at radius 2 is 2.00 bits per heavy atom. The average Bonchev–Trinajstić information content (AvgIpc) is 2.28. The van der Waals surface area contributed by atoms with Gasteiger partial charge in [0.15, 0.2) is 0 Å². The van der Waals surface area contributed by atoms with Crippen molar-refractivity contribution in [1.82, 2.24) is 10.2 Å². The Morgan fingerprint density at radius 3 is 2.50 bits per heavy atom. The minimum atomic E-state index is -0.141. The SMILES string of the molecule is CN(C)CC(NC(=O)CCl)c1ccccc1. The Kier molecular flexibility index (Phi) is 5.29. The van der Waals surface area contributed by atoms with Gasteiger partial charge in [-0.15, -0.1) is 11.6 Å². The molecular weight excluding hydrogens is 224 g/mol. The van der Waals surface area contributed by atoms with Crippen molar-refractivity contribution in [1.29, 1.82) is 0 Å². The average molecular weight is 241 g/mol. The van der Waals surface area contributed by atoms with Crippen LogP contribution in [0, 0.1) is 0 Å². The molecule has 16 heavy (non-hydrogen) atoms. The van der Waals surface area contributed by atoms with Gasteiger partial charge in [-0.05, 0) is 19.7 Å². The van der Waals surface area contributed by atoms with Gasteiger partial charge in [0.25, 0.3) is 0 Å². The molecule has 0 heterocycles. The van der Waals surface area contributed by atoms with E-state index in [-0.39, 0.29) is 17.8 Å². The van der Waals surface area contributed by atoms with Gasteiger partial charge in [-0.1, -0.05) is 30.3 Å². The minimum Gasteiger partial charge on any atom is -0.347 e. The van der Waals surface area contributed by atoms with E-state index in [1.54, 1.807) is 0 Å². The summed E-state index contributed by atoms with van der Waals surface area (Å²) >= 11 is 5.49. The summed E-state index contributed by atoms with van der Waals surface area (Å²) in [7, 11) is 3.95. The molecule has 0 aromatic heterocycles. The fraction of sp³-hybridized carbons (Fsp3) is 0.417. The second kappa shape index (κ2) is 6.51. The largest absolute Gasteiger partial charge is 0.347 e. The van der Waals surface area contributed by atoms with Gasteiger partial charge >= 0.3 is 0 Å². The molecule has 88 valence electrons. The van der Waals surface area contributed by atoms with Crippen LogP contribution in [0.3, 0.4) is 0 Å². The summed E-state index contributed by atoms with van der Waals surface area (Å²) < 4.78 is 0. The molecule has 0 aliphatic heterocycles. The van der Waals surface area contributed by atoms with Crippen molar-refractivity contribution in [2.45, 2.75) is 6.04 Å². The molecule has 1 unspecified atom stereocenters. The lowest BCUT2D eigenvalue weighted by atomic mass is 10.1. The second-order valence-corrected chi connectivity index (χ2v) is 4.19. The van der Waals surface area contributed by atoms with Crippen LogP contribution in [0.2, 0.25) is 0 Å². The molecule has 1 rings (SSSR count). The highest BCUT2D eigenvalue weighted by Gasteiger charge is 2.14. The van der Waals surface area contributed by atoms with Gasteiger partial charge in [0.2, 0.25) is 5.91 Å². The molecule has 1 N–H and O–H groups in total. The smallest absolute Gasteiger partial charge is 0.235 e. The van der Waals surface area contributed by atoms with Gasteiger partial charge in [0, 0.05) is 6.54 Å². The van der Waals surface area contributed by atoms with E-state index in [2.05, 4.69) is 5.32 Å². The monoisotopic (exact) mass is 240 g/mol. The van der Waals surface area contributed by atoms with Crippen LogP contribution in [0.1, 0.15) is 11.6 Å². The summed E-state index contributed by atoms with van der Waals surface area (Å²) in [5, 5.41) is 2.90. The Morgan fingerprint density at radius 1 is 1.38 bits per heavy atom. The number of nitrogens with zero attached hydrogens (tertiary/aromatic N) is 1. The van der Waals surface area contributed by atoms with Crippen molar-refractivity contribution < 1.29 is 4.79 Å². The van der Waals surface area contributed by atoms with Crippen LogP contribution in [0.15, 0.2) is 30.3 Å². The normalized spacial score (nSPS) is 12.5. The molecular formula is C12H17ClN2O. The fourth-order valence-electron chi connectivity index (χ4n) is 1.52. The molecule has 0 fully saturated rings. The molecule has 1 atom stereocenters. The van der Waals surface area contributed by atoms with Crippen LogP contribution < -0.4 is 5.32 Å². The first-order valence-electron chi connectivity index (χ1n) is 5.18. The number of benzene rings is 1. The first-order valence-corrected chi connectivity index (χ1v) is 5.72. The number of likely N-dealkylation sites (N-methyl/N-ethyl adjacent to an activating group) is 1. The maximum Gasteiger partial charge on any atom is 0.235 e. The Labute approximate surface area is 101 Å². The van der Waals surface area contributed by atoms with Crippen molar-refractivity contribution in [2.24, 2.45) is 0 Å². The van der Waals surface area contributed by atoms with Gasteiger partial charge < -0.3 is 10.2 Å². The molecule has 1 aromatic rings. The van der Waals surface area contributed by atoms with E-state index in [1.807, 2.05) is 49.3 Å². The van der Waals surface area contributed by atoms with E-state index < -0.39 is 0 Å². The topological polar surface area (TPSA) is 32.3 Å². The van der Waals surface area contributed by atoms with Crippen LogP contribution in [0.4, 0.5) is 0 Å². The molecule has 1 amide bonds. The summed E-state index contributed by atoms with van der Waals surface area (Å²) in [5.41, 5.74) is 1.09. The quantitative estimate of drug-likeness (QED) is 0.794. The van der Waals surface area contributed by atoms with Gasteiger partial charge in [0.1, 0.15) is 5.88 Å². The summed E-state index contributed by atoms with van der Waals surface area (Å²) in [6.07, 6.45) is 0. The predicted molar refractivity (Wildman–Crippen MR) is 66.6 cm³/mol. The number of halogens is 1. The maximum absolute atomic E-state index is 11.3. The Hall–Kier alpha value is -1.06. The Bertz CT molecular complexity index is 327. The number of rotatable bonds is 5. The van der Waals surface area contributed by atoms with E-state index in [1.165, 1.54) is 0 Å². The van der Waals surface area contributed by atoms with E-state index in [4.69, 9.17) is 11.6 Å². The number of alkyl halides is 1. The number of hydrogen-bond donors (Lipinski definition) is 1. The van der Waals surface area contributed by atoms with Crippen molar-refractivity contribution in [3.63, 3.8) is 0 Å². The molecule has 0 aliphatic rings. The summed E-state index contributed by atoms with van der Waals surface area (Å²) in [6.45, 7) is 0.757. The van der Waals surface area contributed by atoms with E-state index in [0.29, 0.717) is 0 Å². The van der Waals surface area contributed by atoms with E-state index in [0.717, 1.165) is 12.1 Å². The number of carbonyl (C=O) groups excluding carboxylic acids is 1. The summed E-state index contributed by atoms with van der Waals surface area (Å²) in [5.74, 6) is -0.145. The van der Waals surface area contributed by atoms with Crippen LogP contribution in [-0.4, -0.2) is 37.3 Å². The first-order chi connectivity index (χ1) is 7.63.